The largest absolute Gasteiger partial charge is 0.423 e. The molecule has 0 aliphatic carbocycles. The van der Waals surface area contributed by atoms with Gasteiger partial charge in [0.2, 0.25) is 0 Å². The Labute approximate surface area is 156 Å². The van der Waals surface area contributed by atoms with E-state index in [9.17, 15) is 4.79 Å². The van der Waals surface area contributed by atoms with Crippen LogP contribution < -0.4 is 9.64 Å². The molecule has 0 fully saturated rings. The lowest BCUT2D eigenvalue weighted by molar-refractivity contribution is -0.131. The molecule has 2 heterocycles. The molecule has 0 saturated heterocycles. The molecule has 3 rings (SSSR count). The quantitative estimate of drug-likeness (QED) is 0.490. The monoisotopic (exact) mass is 368 g/mol. The van der Waals surface area contributed by atoms with Gasteiger partial charge in [-0.05, 0) is 23.8 Å². The molecule has 7 heteroatoms. The Balaban J connectivity index is 1.86. The third-order valence-corrected chi connectivity index (χ3v) is 4.69. The molecule has 0 aliphatic heterocycles. The number of benzene rings is 1. The molecule has 0 radical (unpaired) electrons. The summed E-state index contributed by atoms with van der Waals surface area (Å²) in [6, 6.07) is 11.7. The first kappa shape index (κ1) is 18.0. The Morgan fingerprint density at radius 1 is 1.15 bits per heavy atom. The number of anilines is 1. The number of ether oxygens (including phenoxy) is 1. The minimum Gasteiger partial charge on any atom is -0.423 e. The van der Waals surface area contributed by atoms with E-state index in [2.05, 4.69) is 27.0 Å². The summed E-state index contributed by atoms with van der Waals surface area (Å²) < 4.78 is 7.11. The van der Waals surface area contributed by atoms with Crippen LogP contribution in [0.5, 0.6) is 5.75 Å². The van der Waals surface area contributed by atoms with E-state index in [1.54, 1.807) is 36.3 Å². The summed E-state index contributed by atoms with van der Waals surface area (Å²) in [6.45, 7) is 1.37. The first-order valence-electron chi connectivity index (χ1n) is 8.11. The molecule has 6 nitrogen and oxygen atoms in total. The maximum atomic E-state index is 11.3. The van der Waals surface area contributed by atoms with Gasteiger partial charge < -0.3 is 9.64 Å². The highest BCUT2D eigenvalue weighted by Crippen LogP contribution is 2.30. The third kappa shape index (κ3) is 4.05. The van der Waals surface area contributed by atoms with Crippen LogP contribution in [0, 0.1) is 0 Å². The molecule has 0 bridgehead atoms. The van der Waals surface area contributed by atoms with Gasteiger partial charge in [0.05, 0.1) is 0 Å². The first-order valence-corrected chi connectivity index (χ1v) is 9.10. The highest BCUT2D eigenvalue weighted by Gasteiger charge is 2.14. The van der Waals surface area contributed by atoms with Gasteiger partial charge in [-0.1, -0.05) is 30.0 Å². The lowest BCUT2D eigenvalue weighted by Crippen LogP contribution is -2.11. The van der Waals surface area contributed by atoms with E-state index in [1.807, 2.05) is 37.0 Å². The molecular weight excluding hydrogens is 348 g/mol. The average Bonchev–Trinajstić information content (AvgIpc) is 3.08. The van der Waals surface area contributed by atoms with E-state index in [0.717, 1.165) is 10.9 Å². The van der Waals surface area contributed by atoms with Gasteiger partial charge in [0, 0.05) is 51.0 Å². The number of rotatable bonds is 6. The summed E-state index contributed by atoms with van der Waals surface area (Å²) in [4.78, 5) is 22.2. The van der Waals surface area contributed by atoms with Gasteiger partial charge in [0.25, 0.3) is 0 Å². The van der Waals surface area contributed by atoms with Gasteiger partial charge in [-0.25, -0.2) is 9.97 Å². The Morgan fingerprint density at radius 3 is 2.73 bits per heavy atom. The Morgan fingerprint density at radius 2 is 1.96 bits per heavy atom. The molecule has 26 heavy (non-hydrogen) atoms. The molecule has 0 saturated carbocycles. The fourth-order valence-electron chi connectivity index (χ4n) is 2.57. The second-order valence-electron chi connectivity index (χ2n) is 5.81. The van der Waals surface area contributed by atoms with E-state index < -0.39 is 0 Å². The Bertz CT molecular complexity index is 908. The zero-order valence-electron chi connectivity index (χ0n) is 14.9. The molecule has 0 atom stereocenters. The number of esters is 1. The van der Waals surface area contributed by atoms with E-state index in [1.165, 1.54) is 18.2 Å². The number of hydrogen-bond donors (Lipinski definition) is 0. The average molecular weight is 368 g/mol. The molecule has 0 N–H and O–H groups in total. The molecular formula is C19H20N4O2S. The fourth-order valence-corrected chi connectivity index (χ4v) is 3.52. The second-order valence-corrected chi connectivity index (χ2v) is 6.75. The van der Waals surface area contributed by atoms with Crippen LogP contribution in [0.4, 0.5) is 5.69 Å². The number of aromatic nitrogens is 3. The number of imidazole rings is 1. The van der Waals surface area contributed by atoms with Crippen LogP contribution in [0.2, 0.25) is 0 Å². The zero-order chi connectivity index (χ0) is 18.5. The van der Waals surface area contributed by atoms with E-state index in [4.69, 9.17) is 4.74 Å². The van der Waals surface area contributed by atoms with Crippen molar-refractivity contribution in [3.8, 4) is 11.6 Å². The number of thioether (sulfide) groups is 1. The topological polar surface area (TPSA) is 60.2 Å². The number of carbonyl (C=O) groups is 1. The van der Waals surface area contributed by atoms with Crippen molar-refractivity contribution >= 4 is 23.4 Å². The van der Waals surface area contributed by atoms with Gasteiger partial charge in [-0.3, -0.25) is 9.36 Å². The van der Waals surface area contributed by atoms with Gasteiger partial charge in [-0.2, -0.15) is 0 Å². The lowest BCUT2D eigenvalue weighted by Gasteiger charge is -2.17. The minimum absolute atomic E-state index is 0.381. The highest BCUT2D eigenvalue weighted by atomic mass is 32.2. The SMILES string of the molecule is CC(=O)Oc1cccnc1-n1ccnc1SCc1ccccc1N(C)C. The van der Waals surface area contributed by atoms with Crippen LogP contribution in [0.25, 0.3) is 5.82 Å². The summed E-state index contributed by atoms with van der Waals surface area (Å²) in [6.07, 6.45) is 5.19. The number of para-hydroxylation sites is 1. The summed E-state index contributed by atoms with van der Waals surface area (Å²) in [7, 11) is 4.06. The Kier molecular flexibility index (Phi) is 5.58. The molecule has 1 aromatic carbocycles. The number of carbonyl (C=O) groups excluding carboxylic acids is 1. The van der Waals surface area contributed by atoms with Crippen LogP contribution in [0.1, 0.15) is 12.5 Å². The lowest BCUT2D eigenvalue weighted by atomic mass is 10.2. The molecule has 134 valence electrons. The summed E-state index contributed by atoms with van der Waals surface area (Å²) in [5.74, 6) is 1.34. The van der Waals surface area contributed by atoms with Crippen LogP contribution >= 0.6 is 11.8 Å². The predicted molar refractivity (Wildman–Crippen MR) is 103 cm³/mol. The molecule has 2 aromatic heterocycles. The number of pyridine rings is 1. The van der Waals surface area contributed by atoms with Gasteiger partial charge in [0.15, 0.2) is 16.7 Å². The fraction of sp³-hybridized carbons (Fsp3) is 0.211. The summed E-state index contributed by atoms with van der Waals surface area (Å²) in [5, 5.41) is 0.783. The van der Waals surface area contributed by atoms with Gasteiger partial charge in [-0.15, -0.1) is 0 Å². The van der Waals surface area contributed by atoms with Crippen molar-refractivity contribution in [2.75, 3.05) is 19.0 Å². The van der Waals surface area contributed by atoms with Gasteiger partial charge in [0.1, 0.15) is 0 Å². The molecule has 0 amide bonds. The maximum absolute atomic E-state index is 11.3. The van der Waals surface area contributed by atoms with Crippen LogP contribution in [0.15, 0.2) is 60.1 Å². The van der Waals surface area contributed by atoms with Crippen LogP contribution in [-0.2, 0) is 10.5 Å². The molecule has 0 aliphatic rings. The van der Waals surface area contributed by atoms with E-state index >= 15 is 0 Å². The van der Waals surface area contributed by atoms with Crippen molar-refractivity contribution in [1.82, 2.24) is 14.5 Å². The van der Waals surface area contributed by atoms with E-state index in [-0.39, 0.29) is 5.97 Å². The normalized spacial score (nSPS) is 10.6. The molecule has 0 unspecified atom stereocenters. The van der Waals surface area contributed by atoms with Crippen molar-refractivity contribution < 1.29 is 9.53 Å². The minimum atomic E-state index is -0.381. The smallest absolute Gasteiger partial charge is 0.308 e. The van der Waals surface area contributed by atoms with Gasteiger partial charge >= 0.3 is 5.97 Å². The maximum Gasteiger partial charge on any atom is 0.308 e. The van der Waals surface area contributed by atoms with Crippen LogP contribution in [0.3, 0.4) is 0 Å². The van der Waals surface area contributed by atoms with Crippen molar-refractivity contribution in [2.45, 2.75) is 17.8 Å². The highest BCUT2D eigenvalue weighted by molar-refractivity contribution is 7.98. The zero-order valence-corrected chi connectivity index (χ0v) is 15.7. The van der Waals surface area contributed by atoms with E-state index in [0.29, 0.717) is 11.6 Å². The standard InChI is InChI=1S/C19H20N4O2S/c1-14(24)25-17-9-6-10-20-18(17)23-12-11-21-19(23)26-13-15-7-4-5-8-16(15)22(2)3/h4-12H,13H2,1-3H3. The summed E-state index contributed by atoms with van der Waals surface area (Å²) in [5.41, 5.74) is 2.40. The predicted octanol–water partition coefficient (Wildman–Crippen LogP) is 3.55. The molecule has 3 aromatic rings. The molecule has 0 spiro atoms. The van der Waals surface area contributed by atoms with Crippen molar-refractivity contribution in [3.05, 3.63) is 60.6 Å². The number of hydrogen-bond acceptors (Lipinski definition) is 6. The summed E-state index contributed by atoms with van der Waals surface area (Å²) >= 11 is 1.61. The second kappa shape index (κ2) is 8.05. The van der Waals surface area contributed by atoms with Crippen molar-refractivity contribution in [1.29, 1.82) is 0 Å². The number of nitrogens with zero attached hydrogens (tertiary/aromatic N) is 4. The van der Waals surface area contributed by atoms with Crippen LogP contribution in [-0.4, -0.2) is 34.6 Å². The van der Waals surface area contributed by atoms with Crippen molar-refractivity contribution in [2.24, 2.45) is 0 Å². The van der Waals surface area contributed by atoms with Crippen molar-refractivity contribution in [3.63, 3.8) is 0 Å². The third-order valence-electron chi connectivity index (χ3n) is 3.67. The first-order chi connectivity index (χ1) is 12.6. The Hall–Kier alpha value is -2.80.